The minimum absolute atomic E-state index is 0.00493. The average molecular weight is 821 g/mol. The zero-order valence-corrected chi connectivity index (χ0v) is 37.0. The smallest absolute Gasteiger partial charge is 0.462 e. The van der Waals surface area contributed by atoms with Crippen molar-refractivity contribution in [2.24, 2.45) is 0 Å². The standard InChI is InChI=1S/C46H78NO9P/c1-6-7-8-9-10-11-12-13-15-19-22-25-28-31-34-37-45(49)53-41-44(42-55-57(51,52)54-40-39-47(3,4)5)56-46(50)38-35-32-29-26-23-20-17-14-16-18-21-24-27-30-33-36-43(2)48/h10-11,13,15-18,20,22,24-27,29,43-44,48H,6-9,12,14,19,21,23,28,30-42H2,1-5H3/p+1/b11-10-,15-13-,18-16-,20-17-,25-22-,27-24-,29-26-/t43-,44+/m0/s1. The van der Waals surface area contributed by atoms with E-state index in [-0.39, 0.29) is 32.2 Å². The Labute approximate surface area is 346 Å². The zero-order valence-electron chi connectivity index (χ0n) is 36.1. The molecule has 1 unspecified atom stereocenters. The van der Waals surface area contributed by atoms with Crippen LogP contribution in [0.15, 0.2) is 85.1 Å². The third-order valence-corrected chi connectivity index (χ3v) is 9.40. The molecular formula is C46H79NO9P+. The maximum absolute atomic E-state index is 12.7. The number of quaternary nitrogens is 1. The molecule has 0 aliphatic heterocycles. The summed E-state index contributed by atoms with van der Waals surface area (Å²) in [6, 6.07) is 0. The number of aliphatic hydroxyl groups excluding tert-OH is 1. The van der Waals surface area contributed by atoms with Crippen LogP contribution in [0.4, 0.5) is 0 Å². The second-order valence-electron chi connectivity index (χ2n) is 15.3. The highest BCUT2D eigenvalue weighted by Gasteiger charge is 2.27. The average Bonchev–Trinajstić information content (AvgIpc) is 3.14. The first-order chi connectivity index (χ1) is 27.3. The number of phosphoric acid groups is 1. The van der Waals surface area contributed by atoms with Crippen molar-refractivity contribution in [3.05, 3.63) is 85.1 Å². The number of aliphatic hydroxyl groups is 1. The van der Waals surface area contributed by atoms with E-state index in [9.17, 15) is 24.2 Å². The van der Waals surface area contributed by atoms with Crippen molar-refractivity contribution >= 4 is 19.8 Å². The van der Waals surface area contributed by atoms with Crippen molar-refractivity contribution in [3.63, 3.8) is 0 Å². The number of ether oxygens (including phenoxy) is 2. The van der Waals surface area contributed by atoms with Gasteiger partial charge in [0, 0.05) is 12.8 Å². The van der Waals surface area contributed by atoms with Crippen LogP contribution in [0.2, 0.25) is 0 Å². The second-order valence-corrected chi connectivity index (χ2v) is 16.8. The number of unbranched alkanes of at least 4 members (excludes halogenated alkanes) is 7. The van der Waals surface area contributed by atoms with Gasteiger partial charge in [0.2, 0.25) is 0 Å². The fourth-order valence-corrected chi connectivity index (χ4v) is 5.77. The summed E-state index contributed by atoms with van der Waals surface area (Å²) in [6.07, 6.45) is 44.9. The summed E-state index contributed by atoms with van der Waals surface area (Å²) >= 11 is 0. The second kappa shape index (κ2) is 37.4. The normalized spacial score (nSPS) is 15.0. The number of esters is 2. The Morgan fingerprint density at radius 2 is 1.07 bits per heavy atom. The first-order valence-electron chi connectivity index (χ1n) is 21.3. The highest BCUT2D eigenvalue weighted by Crippen LogP contribution is 2.43. The first-order valence-corrected chi connectivity index (χ1v) is 22.8. The lowest BCUT2D eigenvalue weighted by Gasteiger charge is -2.24. The molecule has 0 saturated heterocycles. The Hall–Kier alpha value is -2.85. The van der Waals surface area contributed by atoms with Gasteiger partial charge in [-0.2, -0.15) is 0 Å². The molecule has 10 nitrogen and oxygen atoms in total. The van der Waals surface area contributed by atoms with Crippen molar-refractivity contribution in [2.45, 2.75) is 148 Å². The molecule has 0 spiro atoms. The number of likely N-dealkylation sites (N-methyl/N-ethyl adjacent to an activating group) is 1. The molecule has 0 heterocycles. The molecule has 2 N–H and O–H groups in total. The van der Waals surface area contributed by atoms with E-state index in [4.69, 9.17) is 18.5 Å². The molecule has 0 aromatic carbocycles. The highest BCUT2D eigenvalue weighted by molar-refractivity contribution is 7.47. The molecule has 0 aromatic heterocycles. The molecule has 0 rings (SSSR count). The van der Waals surface area contributed by atoms with Gasteiger partial charge in [0.25, 0.3) is 0 Å². The maximum Gasteiger partial charge on any atom is 0.472 e. The molecule has 0 aromatic rings. The van der Waals surface area contributed by atoms with E-state index in [1.54, 1.807) is 0 Å². The molecule has 57 heavy (non-hydrogen) atoms. The number of rotatable bonds is 37. The van der Waals surface area contributed by atoms with E-state index >= 15 is 0 Å². The van der Waals surface area contributed by atoms with Crippen molar-refractivity contribution in [2.75, 3.05) is 47.5 Å². The number of phosphoric ester groups is 1. The summed E-state index contributed by atoms with van der Waals surface area (Å²) in [5, 5.41) is 9.28. The molecule has 0 amide bonds. The van der Waals surface area contributed by atoms with Crippen LogP contribution in [-0.2, 0) is 32.7 Å². The molecular weight excluding hydrogens is 741 g/mol. The molecule has 0 aliphatic carbocycles. The van der Waals surface area contributed by atoms with Gasteiger partial charge in [0.05, 0.1) is 33.9 Å². The minimum atomic E-state index is -4.41. The maximum atomic E-state index is 12.7. The Morgan fingerprint density at radius 1 is 0.614 bits per heavy atom. The van der Waals surface area contributed by atoms with Crippen LogP contribution in [-0.4, -0.2) is 86.1 Å². The number of carbonyl (C=O) groups is 2. The van der Waals surface area contributed by atoms with Crippen molar-refractivity contribution in [1.82, 2.24) is 0 Å². The van der Waals surface area contributed by atoms with Gasteiger partial charge >= 0.3 is 19.8 Å². The topological polar surface area (TPSA) is 129 Å². The van der Waals surface area contributed by atoms with Crippen LogP contribution in [0, 0.1) is 0 Å². The third-order valence-electron chi connectivity index (χ3n) is 8.42. The van der Waals surface area contributed by atoms with Crippen LogP contribution in [0.25, 0.3) is 0 Å². The van der Waals surface area contributed by atoms with Crippen LogP contribution in [0.3, 0.4) is 0 Å². The van der Waals surface area contributed by atoms with Crippen molar-refractivity contribution in [1.29, 1.82) is 0 Å². The van der Waals surface area contributed by atoms with Crippen LogP contribution in [0.5, 0.6) is 0 Å². The van der Waals surface area contributed by atoms with E-state index in [2.05, 4.69) is 85.9 Å². The summed E-state index contributed by atoms with van der Waals surface area (Å²) in [7, 11) is 1.38. The summed E-state index contributed by atoms with van der Waals surface area (Å²) in [5.74, 6) is -0.936. The van der Waals surface area contributed by atoms with E-state index in [1.807, 2.05) is 34.1 Å². The number of hydrogen-bond acceptors (Lipinski definition) is 8. The lowest BCUT2D eigenvalue weighted by atomic mass is 10.1. The predicted molar refractivity (Wildman–Crippen MR) is 235 cm³/mol. The molecule has 0 fully saturated rings. The van der Waals surface area contributed by atoms with Gasteiger partial charge in [-0.05, 0) is 103 Å². The molecule has 0 aliphatic rings. The quantitative estimate of drug-likeness (QED) is 0.0207. The molecule has 0 saturated carbocycles. The van der Waals surface area contributed by atoms with Gasteiger partial charge in [0.1, 0.15) is 19.8 Å². The van der Waals surface area contributed by atoms with Crippen molar-refractivity contribution < 1.29 is 47.2 Å². The first kappa shape index (κ1) is 54.2. The van der Waals surface area contributed by atoms with Crippen molar-refractivity contribution in [3.8, 4) is 0 Å². The summed E-state index contributed by atoms with van der Waals surface area (Å²) in [5.41, 5.74) is 0. The summed E-state index contributed by atoms with van der Waals surface area (Å²) in [4.78, 5) is 35.3. The van der Waals surface area contributed by atoms with Gasteiger partial charge in [0.15, 0.2) is 6.10 Å². The zero-order chi connectivity index (χ0) is 42.3. The van der Waals surface area contributed by atoms with E-state index in [0.717, 1.165) is 70.6 Å². The highest BCUT2D eigenvalue weighted by atomic mass is 31.2. The molecule has 326 valence electrons. The Bertz CT molecular complexity index is 1260. The van der Waals surface area contributed by atoms with Gasteiger partial charge in [-0.1, -0.05) is 105 Å². The van der Waals surface area contributed by atoms with E-state index < -0.39 is 32.5 Å². The van der Waals surface area contributed by atoms with Gasteiger partial charge in [-0.25, -0.2) is 4.57 Å². The lowest BCUT2D eigenvalue weighted by molar-refractivity contribution is -0.870. The minimum Gasteiger partial charge on any atom is -0.462 e. The van der Waals surface area contributed by atoms with Gasteiger partial charge in [-0.15, -0.1) is 0 Å². The lowest BCUT2D eigenvalue weighted by Crippen LogP contribution is -2.37. The van der Waals surface area contributed by atoms with Gasteiger partial charge < -0.3 is 24.0 Å². The number of hydrogen-bond donors (Lipinski definition) is 2. The molecule has 11 heteroatoms. The fourth-order valence-electron chi connectivity index (χ4n) is 5.03. The Morgan fingerprint density at radius 3 is 1.56 bits per heavy atom. The fraction of sp³-hybridized carbons (Fsp3) is 0.652. The molecule has 3 atom stereocenters. The molecule has 0 bridgehead atoms. The number of carbonyl (C=O) groups excluding carboxylic acids is 2. The predicted octanol–water partition coefficient (Wildman–Crippen LogP) is 11.0. The monoisotopic (exact) mass is 821 g/mol. The Kier molecular flexibility index (Phi) is 35.6. The van der Waals surface area contributed by atoms with Crippen LogP contribution >= 0.6 is 7.82 Å². The number of allylic oxidation sites excluding steroid dienone is 14. The molecule has 0 radical (unpaired) electrons. The van der Waals surface area contributed by atoms with Gasteiger partial charge in [-0.3, -0.25) is 18.6 Å². The van der Waals surface area contributed by atoms with Crippen LogP contribution in [0.1, 0.15) is 136 Å². The largest absolute Gasteiger partial charge is 0.472 e. The summed E-state index contributed by atoms with van der Waals surface area (Å²) < 4.78 is 34.1. The Balaban J connectivity index is 4.57. The third kappa shape index (κ3) is 42.6. The number of nitrogens with zero attached hydrogens (tertiary/aromatic N) is 1. The van der Waals surface area contributed by atoms with E-state index in [1.165, 1.54) is 19.3 Å². The SMILES string of the molecule is CCCCC/C=C\C/C=C\C/C=C\CCCCC(=O)OC[C@H](COP(=O)(O)OCC[N+](C)(C)C)OC(=O)CCC/C=C\C/C=C\C/C=C\C/C=C\CCC[C@H](C)O. The van der Waals surface area contributed by atoms with E-state index in [0.29, 0.717) is 30.3 Å². The summed E-state index contributed by atoms with van der Waals surface area (Å²) in [6.45, 7) is 3.79. The van der Waals surface area contributed by atoms with Crippen LogP contribution < -0.4 is 0 Å².